The molecule has 0 spiro atoms. The highest BCUT2D eigenvalue weighted by atomic mass is 16.5. The van der Waals surface area contributed by atoms with E-state index in [1.54, 1.807) is 24.3 Å². The molecule has 148 valence electrons. The predicted molar refractivity (Wildman–Crippen MR) is 112 cm³/mol. The number of anilines is 2. The summed E-state index contributed by atoms with van der Waals surface area (Å²) in [4.78, 5) is 28.4. The smallest absolute Gasteiger partial charge is 0.323 e. The Morgan fingerprint density at radius 1 is 0.897 bits per heavy atom. The van der Waals surface area contributed by atoms with E-state index in [9.17, 15) is 9.59 Å². The average Bonchev–Trinajstić information content (AvgIpc) is 2.75. The molecule has 0 saturated heterocycles. The van der Waals surface area contributed by atoms with Crippen molar-refractivity contribution in [3.63, 3.8) is 0 Å². The normalized spacial score (nSPS) is 11.2. The summed E-state index contributed by atoms with van der Waals surface area (Å²) in [6.07, 6.45) is 1.47. The van der Waals surface area contributed by atoms with Crippen molar-refractivity contribution in [2.24, 2.45) is 0 Å². The van der Waals surface area contributed by atoms with Crippen LogP contribution in [0.2, 0.25) is 0 Å². The maximum absolute atomic E-state index is 12.4. The highest BCUT2D eigenvalue weighted by Crippen LogP contribution is 2.17. The van der Waals surface area contributed by atoms with E-state index >= 15 is 0 Å². The molecule has 1 unspecified atom stereocenters. The number of benzene rings is 2. The number of nitrogens with zero attached hydrogens (tertiary/aromatic N) is 1. The van der Waals surface area contributed by atoms with E-state index in [-0.39, 0.29) is 18.0 Å². The van der Waals surface area contributed by atoms with Crippen LogP contribution >= 0.6 is 0 Å². The first-order chi connectivity index (χ1) is 14.0. The number of urea groups is 1. The van der Waals surface area contributed by atoms with Gasteiger partial charge in [0.05, 0.1) is 18.7 Å². The average molecular weight is 390 g/mol. The van der Waals surface area contributed by atoms with Crippen LogP contribution in [0.3, 0.4) is 0 Å². The van der Waals surface area contributed by atoms with Gasteiger partial charge >= 0.3 is 6.03 Å². The van der Waals surface area contributed by atoms with Gasteiger partial charge in [0.15, 0.2) is 0 Å². The quantitative estimate of drug-likeness (QED) is 0.587. The van der Waals surface area contributed by atoms with Gasteiger partial charge in [-0.2, -0.15) is 0 Å². The largest absolute Gasteiger partial charge is 0.481 e. The van der Waals surface area contributed by atoms with E-state index in [1.807, 2.05) is 49.4 Å². The first-order valence-corrected chi connectivity index (χ1v) is 9.09. The summed E-state index contributed by atoms with van der Waals surface area (Å²) >= 11 is 0. The lowest BCUT2D eigenvalue weighted by Crippen LogP contribution is -2.26. The Bertz CT molecular complexity index is 958. The number of amides is 3. The molecule has 7 nitrogen and oxygen atoms in total. The second-order valence-electron chi connectivity index (χ2n) is 6.35. The van der Waals surface area contributed by atoms with E-state index in [4.69, 9.17) is 4.74 Å². The van der Waals surface area contributed by atoms with Gasteiger partial charge < -0.3 is 20.7 Å². The molecule has 3 rings (SSSR count). The Labute approximate surface area is 169 Å². The van der Waals surface area contributed by atoms with Crippen molar-refractivity contribution in [3.05, 3.63) is 84.1 Å². The molecule has 0 aliphatic rings. The molecule has 2 aromatic carbocycles. The number of ether oxygens (including phenoxy) is 1. The molecule has 29 heavy (non-hydrogen) atoms. The van der Waals surface area contributed by atoms with Gasteiger partial charge in [-0.3, -0.25) is 4.79 Å². The Morgan fingerprint density at radius 3 is 2.14 bits per heavy atom. The van der Waals surface area contributed by atoms with Gasteiger partial charge in [-0.05, 0) is 42.8 Å². The van der Waals surface area contributed by atoms with E-state index in [0.29, 0.717) is 22.8 Å². The predicted octanol–water partition coefficient (Wildman–Crippen LogP) is 4.23. The maximum atomic E-state index is 12.4. The van der Waals surface area contributed by atoms with Crippen LogP contribution in [-0.2, 0) is 0 Å². The standard InChI is InChI=1S/C22H22N4O3/c1-15(24-21(27)17-10-13-20(29-2)23-14-17)16-8-11-19(12-9-16)26-22(28)25-18-6-4-3-5-7-18/h3-15H,1-2H3,(H,24,27)(H2,25,26,28). The zero-order valence-corrected chi connectivity index (χ0v) is 16.2. The van der Waals surface area contributed by atoms with Crippen LogP contribution in [0.15, 0.2) is 72.9 Å². The molecule has 0 aliphatic heterocycles. The molecule has 1 aromatic heterocycles. The number of carbonyl (C=O) groups is 2. The lowest BCUT2D eigenvalue weighted by atomic mass is 10.1. The molecule has 3 amide bonds. The third kappa shape index (κ3) is 5.55. The van der Waals surface area contributed by atoms with Crippen LogP contribution in [-0.4, -0.2) is 24.0 Å². The van der Waals surface area contributed by atoms with Crippen LogP contribution in [0.25, 0.3) is 0 Å². The monoisotopic (exact) mass is 390 g/mol. The molecule has 0 fully saturated rings. The molecule has 7 heteroatoms. The fourth-order valence-corrected chi connectivity index (χ4v) is 2.67. The molecule has 0 radical (unpaired) electrons. The van der Waals surface area contributed by atoms with Gasteiger partial charge in [0.25, 0.3) is 5.91 Å². The highest BCUT2D eigenvalue weighted by molar-refractivity contribution is 5.99. The molecule has 1 atom stereocenters. The van der Waals surface area contributed by atoms with Gasteiger partial charge in [-0.25, -0.2) is 9.78 Å². The number of hydrogen-bond acceptors (Lipinski definition) is 4. The fraction of sp³-hybridized carbons (Fsp3) is 0.136. The van der Waals surface area contributed by atoms with Crippen molar-refractivity contribution in [3.8, 4) is 5.88 Å². The van der Waals surface area contributed by atoms with Crippen LogP contribution in [0, 0.1) is 0 Å². The second kappa shape index (κ2) is 9.36. The third-order valence-electron chi connectivity index (χ3n) is 4.26. The Hall–Kier alpha value is -3.87. The molecular formula is C22H22N4O3. The summed E-state index contributed by atoms with van der Waals surface area (Å²) in [6.45, 7) is 1.89. The Kier molecular flexibility index (Phi) is 6.42. The number of hydrogen-bond donors (Lipinski definition) is 3. The molecule has 0 bridgehead atoms. The lowest BCUT2D eigenvalue weighted by molar-refractivity contribution is 0.0939. The zero-order valence-electron chi connectivity index (χ0n) is 16.2. The number of para-hydroxylation sites is 1. The summed E-state index contributed by atoms with van der Waals surface area (Å²) in [6, 6.07) is 19.3. The van der Waals surface area contributed by atoms with Crippen LogP contribution in [0.1, 0.15) is 28.9 Å². The maximum Gasteiger partial charge on any atom is 0.323 e. The number of nitrogens with one attached hydrogen (secondary N) is 3. The summed E-state index contributed by atoms with van der Waals surface area (Å²) < 4.78 is 4.99. The minimum absolute atomic E-state index is 0.211. The van der Waals surface area contributed by atoms with E-state index < -0.39 is 0 Å². The molecular weight excluding hydrogens is 368 g/mol. The number of carbonyl (C=O) groups excluding carboxylic acids is 2. The van der Waals surface area contributed by atoms with Crippen molar-refractivity contribution in [2.75, 3.05) is 17.7 Å². The molecule has 0 saturated carbocycles. The van der Waals surface area contributed by atoms with Gasteiger partial charge in [-0.15, -0.1) is 0 Å². The zero-order chi connectivity index (χ0) is 20.6. The highest BCUT2D eigenvalue weighted by Gasteiger charge is 2.12. The van der Waals surface area contributed by atoms with Crippen molar-refractivity contribution in [1.29, 1.82) is 0 Å². The van der Waals surface area contributed by atoms with Crippen LogP contribution in [0.4, 0.5) is 16.2 Å². The summed E-state index contributed by atoms with van der Waals surface area (Å²) in [5.74, 6) is 0.228. The fourth-order valence-electron chi connectivity index (χ4n) is 2.67. The summed E-state index contributed by atoms with van der Waals surface area (Å²) in [5, 5.41) is 8.46. The summed E-state index contributed by atoms with van der Waals surface area (Å²) in [5.41, 5.74) is 2.73. The van der Waals surface area contributed by atoms with E-state index in [1.165, 1.54) is 13.3 Å². The van der Waals surface area contributed by atoms with E-state index in [2.05, 4.69) is 20.9 Å². The summed E-state index contributed by atoms with van der Waals surface area (Å²) in [7, 11) is 1.52. The Morgan fingerprint density at radius 2 is 1.55 bits per heavy atom. The first kappa shape index (κ1) is 19.9. The number of rotatable bonds is 6. The first-order valence-electron chi connectivity index (χ1n) is 9.09. The Balaban J connectivity index is 1.55. The number of pyridine rings is 1. The SMILES string of the molecule is COc1ccc(C(=O)NC(C)c2ccc(NC(=O)Nc3ccccc3)cc2)cn1. The van der Waals surface area contributed by atoms with Crippen molar-refractivity contribution in [1.82, 2.24) is 10.3 Å². The number of methoxy groups -OCH3 is 1. The second-order valence-corrected chi connectivity index (χ2v) is 6.35. The van der Waals surface area contributed by atoms with Crippen molar-refractivity contribution < 1.29 is 14.3 Å². The van der Waals surface area contributed by atoms with Crippen molar-refractivity contribution >= 4 is 23.3 Å². The van der Waals surface area contributed by atoms with Gasteiger partial charge in [0.1, 0.15) is 0 Å². The minimum Gasteiger partial charge on any atom is -0.481 e. The third-order valence-corrected chi connectivity index (χ3v) is 4.26. The molecule has 1 heterocycles. The van der Waals surface area contributed by atoms with Gasteiger partial charge in [-0.1, -0.05) is 30.3 Å². The molecule has 3 aromatic rings. The van der Waals surface area contributed by atoms with E-state index in [0.717, 1.165) is 5.56 Å². The van der Waals surface area contributed by atoms with Crippen LogP contribution in [0.5, 0.6) is 5.88 Å². The van der Waals surface area contributed by atoms with Crippen LogP contribution < -0.4 is 20.7 Å². The lowest BCUT2D eigenvalue weighted by Gasteiger charge is -2.15. The minimum atomic E-state index is -0.322. The molecule has 3 N–H and O–H groups in total. The van der Waals surface area contributed by atoms with Crippen molar-refractivity contribution in [2.45, 2.75) is 13.0 Å². The van der Waals surface area contributed by atoms with Gasteiger partial charge in [0.2, 0.25) is 5.88 Å². The topological polar surface area (TPSA) is 92.4 Å². The van der Waals surface area contributed by atoms with Gasteiger partial charge in [0, 0.05) is 23.6 Å². The number of aromatic nitrogens is 1. The molecule has 0 aliphatic carbocycles.